The van der Waals surface area contributed by atoms with E-state index >= 15 is 0 Å². The third kappa shape index (κ3) is 3.16. The average molecular weight is 261 g/mol. The van der Waals surface area contributed by atoms with E-state index in [-0.39, 0.29) is 5.82 Å². The van der Waals surface area contributed by atoms with Crippen LogP contribution in [0.25, 0.3) is 0 Å². The molecule has 0 saturated heterocycles. The van der Waals surface area contributed by atoms with Crippen LogP contribution in [0.5, 0.6) is 0 Å². The Morgan fingerprint density at radius 3 is 2.32 bits per heavy atom. The van der Waals surface area contributed by atoms with Crippen molar-refractivity contribution < 1.29 is 13.6 Å². The molecule has 0 aromatic heterocycles. The first-order chi connectivity index (χ1) is 9.10. The molecule has 0 aliphatic rings. The number of carbonyl (C=O) groups excluding carboxylic acids is 1. The van der Waals surface area contributed by atoms with Gasteiger partial charge < -0.3 is 4.90 Å². The van der Waals surface area contributed by atoms with Crippen molar-refractivity contribution in [3.8, 4) is 0 Å². The highest BCUT2D eigenvalue weighted by Crippen LogP contribution is 2.21. The van der Waals surface area contributed by atoms with Gasteiger partial charge in [-0.15, -0.1) is 0 Å². The van der Waals surface area contributed by atoms with Gasteiger partial charge in [-0.2, -0.15) is 0 Å². The van der Waals surface area contributed by atoms with Crippen molar-refractivity contribution in [1.29, 1.82) is 0 Å². The fourth-order valence-corrected chi connectivity index (χ4v) is 1.92. The van der Waals surface area contributed by atoms with Gasteiger partial charge in [-0.3, -0.25) is 4.79 Å². The Balaban J connectivity index is 2.22. The zero-order valence-corrected chi connectivity index (χ0v) is 10.4. The molecule has 0 radical (unpaired) electrons. The molecule has 19 heavy (non-hydrogen) atoms. The molecule has 98 valence electrons. The fourth-order valence-electron chi connectivity index (χ4n) is 1.92. The molecule has 0 saturated carbocycles. The van der Waals surface area contributed by atoms with Gasteiger partial charge in [0.15, 0.2) is 6.29 Å². The lowest BCUT2D eigenvalue weighted by molar-refractivity contribution is 0.112. The maximum absolute atomic E-state index is 13.0. The summed E-state index contributed by atoms with van der Waals surface area (Å²) in [5.41, 5.74) is 1.84. The second-order valence-electron chi connectivity index (χ2n) is 4.30. The van der Waals surface area contributed by atoms with Gasteiger partial charge in [-0.25, -0.2) is 8.78 Å². The van der Waals surface area contributed by atoms with Crippen molar-refractivity contribution in [2.24, 2.45) is 0 Å². The minimum atomic E-state index is -0.443. The third-order valence-electron chi connectivity index (χ3n) is 2.86. The van der Waals surface area contributed by atoms with Crippen molar-refractivity contribution >= 4 is 12.0 Å². The topological polar surface area (TPSA) is 20.3 Å². The van der Waals surface area contributed by atoms with Crippen molar-refractivity contribution in [3.63, 3.8) is 0 Å². The summed E-state index contributed by atoms with van der Waals surface area (Å²) in [7, 11) is 1.80. The summed E-state index contributed by atoms with van der Waals surface area (Å²) in [4.78, 5) is 12.8. The first-order valence-electron chi connectivity index (χ1n) is 5.80. The third-order valence-corrected chi connectivity index (χ3v) is 2.86. The summed E-state index contributed by atoms with van der Waals surface area (Å²) in [5, 5.41) is 0. The number of benzene rings is 2. The highest BCUT2D eigenvalue weighted by atomic mass is 19.1. The summed E-state index contributed by atoms with van der Waals surface area (Å²) in [6.45, 7) is 0.507. The van der Waals surface area contributed by atoms with Crippen LogP contribution in [-0.4, -0.2) is 13.3 Å². The Morgan fingerprint density at radius 1 is 1.05 bits per heavy atom. The molecule has 0 amide bonds. The van der Waals surface area contributed by atoms with Crippen LogP contribution in [0, 0.1) is 11.6 Å². The van der Waals surface area contributed by atoms with Crippen LogP contribution in [0.1, 0.15) is 15.9 Å². The zero-order valence-electron chi connectivity index (χ0n) is 10.4. The Kier molecular flexibility index (Phi) is 3.90. The molecule has 0 N–H and O–H groups in total. The van der Waals surface area contributed by atoms with Crippen LogP contribution in [0.2, 0.25) is 0 Å². The monoisotopic (exact) mass is 261 g/mol. The molecular formula is C15H13F2NO. The molecule has 4 heteroatoms. The summed E-state index contributed by atoms with van der Waals surface area (Å²) in [6.07, 6.45) is 0.625. The van der Waals surface area contributed by atoms with Gasteiger partial charge in [0.05, 0.1) is 0 Å². The Hall–Kier alpha value is -2.23. The summed E-state index contributed by atoms with van der Waals surface area (Å²) in [5.74, 6) is -0.734. The first kappa shape index (κ1) is 13.2. The quantitative estimate of drug-likeness (QED) is 0.786. The molecule has 2 aromatic rings. The Labute approximate surface area is 110 Å². The fraction of sp³-hybridized carbons (Fsp3) is 0.133. The molecule has 0 unspecified atom stereocenters. The minimum Gasteiger partial charge on any atom is -0.370 e. The van der Waals surface area contributed by atoms with Gasteiger partial charge in [0.2, 0.25) is 0 Å². The predicted octanol–water partition coefficient (Wildman–Crippen LogP) is 3.41. The molecule has 0 aliphatic heterocycles. The standard InChI is InChI=1S/C15H13F2NO/c1-18(9-11-2-4-13(16)5-3-11)15-7-6-14(17)8-12(15)10-19/h2-8,10H,9H2,1H3. The van der Waals surface area contributed by atoms with Crippen LogP contribution in [0.15, 0.2) is 42.5 Å². The maximum Gasteiger partial charge on any atom is 0.152 e. The lowest BCUT2D eigenvalue weighted by atomic mass is 10.1. The SMILES string of the molecule is CN(Cc1ccc(F)cc1)c1ccc(F)cc1C=O. The number of halogens is 2. The summed E-state index contributed by atoms with van der Waals surface area (Å²) < 4.78 is 25.9. The minimum absolute atomic E-state index is 0.290. The van der Waals surface area contributed by atoms with Crippen LogP contribution >= 0.6 is 0 Å². The molecular weight excluding hydrogens is 248 g/mol. The molecule has 2 nitrogen and oxygen atoms in total. The van der Waals surface area contributed by atoms with E-state index in [1.54, 1.807) is 25.2 Å². The lowest BCUT2D eigenvalue weighted by Crippen LogP contribution is -2.18. The van der Waals surface area contributed by atoms with E-state index in [0.29, 0.717) is 24.1 Å². The highest BCUT2D eigenvalue weighted by molar-refractivity contribution is 5.84. The molecule has 0 atom stereocenters. The summed E-state index contributed by atoms with van der Waals surface area (Å²) >= 11 is 0. The van der Waals surface area contributed by atoms with Crippen molar-refractivity contribution in [2.75, 3.05) is 11.9 Å². The zero-order chi connectivity index (χ0) is 13.8. The largest absolute Gasteiger partial charge is 0.370 e. The van der Waals surface area contributed by atoms with Crippen molar-refractivity contribution in [2.45, 2.75) is 6.54 Å². The number of rotatable bonds is 4. The lowest BCUT2D eigenvalue weighted by Gasteiger charge is -2.21. The van der Waals surface area contributed by atoms with Gasteiger partial charge in [0, 0.05) is 24.8 Å². The molecule has 2 rings (SSSR count). The average Bonchev–Trinajstić information content (AvgIpc) is 2.41. The Morgan fingerprint density at radius 2 is 1.68 bits per heavy atom. The molecule has 0 fully saturated rings. The van der Waals surface area contributed by atoms with Gasteiger partial charge in [0.25, 0.3) is 0 Å². The van der Waals surface area contributed by atoms with Gasteiger partial charge in [-0.05, 0) is 35.9 Å². The maximum atomic E-state index is 13.0. The van der Waals surface area contributed by atoms with Gasteiger partial charge in [0.1, 0.15) is 11.6 Å². The van der Waals surface area contributed by atoms with E-state index in [2.05, 4.69) is 0 Å². The van der Waals surface area contributed by atoms with E-state index in [4.69, 9.17) is 0 Å². The van der Waals surface area contributed by atoms with Crippen LogP contribution < -0.4 is 4.90 Å². The highest BCUT2D eigenvalue weighted by Gasteiger charge is 2.08. The second-order valence-corrected chi connectivity index (χ2v) is 4.30. The molecule has 0 aliphatic carbocycles. The number of hydrogen-bond donors (Lipinski definition) is 0. The molecule has 0 bridgehead atoms. The smallest absolute Gasteiger partial charge is 0.152 e. The number of anilines is 1. The van der Waals surface area contributed by atoms with Gasteiger partial charge >= 0.3 is 0 Å². The van der Waals surface area contributed by atoms with Crippen LogP contribution in [0.4, 0.5) is 14.5 Å². The summed E-state index contributed by atoms with van der Waals surface area (Å²) in [6, 6.07) is 10.2. The molecule has 0 spiro atoms. The van der Waals surface area contributed by atoms with Crippen molar-refractivity contribution in [1.82, 2.24) is 0 Å². The van der Waals surface area contributed by atoms with Gasteiger partial charge in [-0.1, -0.05) is 12.1 Å². The number of carbonyl (C=O) groups is 1. The van der Waals surface area contributed by atoms with E-state index < -0.39 is 5.82 Å². The Bertz CT molecular complexity index is 581. The number of aldehydes is 1. The van der Waals surface area contributed by atoms with E-state index in [9.17, 15) is 13.6 Å². The normalized spacial score (nSPS) is 10.3. The van der Waals surface area contributed by atoms with E-state index in [1.807, 2.05) is 4.90 Å². The predicted molar refractivity (Wildman–Crippen MR) is 70.3 cm³/mol. The second kappa shape index (κ2) is 5.61. The molecule has 2 aromatic carbocycles. The van der Waals surface area contributed by atoms with Crippen LogP contribution in [-0.2, 0) is 6.54 Å². The number of nitrogens with zero attached hydrogens (tertiary/aromatic N) is 1. The first-order valence-corrected chi connectivity index (χ1v) is 5.80. The number of hydrogen-bond acceptors (Lipinski definition) is 2. The molecule has 0 heterocycles. The van der Waals surface area contributed by atoms with E-state index in [1.165, 1.54) is 24.3 Å². The van der Waals surface area contributed by atoms with E-state index in [0.717, 1.165) is 5.56 Å². The van der Waals surface area contributed by atoms with Crippen LogP contribution in [0.3, 0.4) is 0 Å². The van der Waals surface area contributed by atoms with Crippen molar-refractivity contribution in [3.05, 3.63) is 65.2 Å².